The maximum atomic E-state index is 12.8. The molecule has 0 unspecified atom stereocenters. The van der Waals surface area contributed by atoms with Crippen LogP contribution in [0.5, 0.6) is 5.75 Å². The molecule has 0 saturated heterocycles. The molecular formula is C24H25NO4S. The van der Waals surface area contributed by atoms with Crippen molar-refractivity contribution in [2.75, 3.05) is 19.0 Å². The first-order chi connectivity index (χ1) is 14.5. The average Bonchev–Trinajstić information content (AvgIpc) is 3.09. The fourth-order valence-electron chi connectivity index (χ4n) is 3.20. The van der Waals surface area contributed by atoms with Gasteiger partial charge in [0, 0.05) is 16.0 Å². The number of carbonyl (C=O) groups excluding carboxylic acids is 2. The van der Waals surface area contributed by atoms with E-state index in [1.165, 1.54) is 16.9 Å². The standard InChI is InChI=1S/C24H25NO4S/c1-5-16-7-9-17(10-8-16)20-15(3)30-23(21(20)24(27)29-6-2)25-22(26)18-11-13-19(28-4)14-12-18/h7-14H,5-6H2,1-4H3,(H,25,26). The molecule has 0 aliphatic heterocycles. The van der Waals surface area contributed by atoms with Crippen molar-refractivity contribution in [3.63, 3.8) is 0 Å². The minimum Gasteiger partial charge on any atom is -0.497 e. The summed E-state index contributed by atoms with van der Waals surface area (Å²) in [6.07, 6.45) is 0.941. The summed E-state index contributed by atoms with van der Waals surface area (Å²) in [5, 5.41) is 3.38. The molecule has 1 N–H and O–H groups in total. The average molecular weight is 424 g/mol. The van der Waals surface area contributed by atoms with E-state index in [-0.39, 0.29) is 12.5 Å². The number of nitrogens with one attached hydrogen (secondary N) is 1. The second-order valence-corrected chi connectivity index (χ2v) is 7.92. The molecule has 6 heteroatoms. The van der Waals surface area contributed by atoms with Crippen LogP contribution in [0.4, 0.5) is 5.00 Å². The highest BCUT2D eigenvalue weighted by molar-refractivity contribution is 7.17. The van der Waals surface area contributed by atoms with Gasteiger partial charge in [-0.25, -0.2) is 4.79 Å². The van der Waals surface area contributed by atoms with Crippen LogP contribution in [0.2, 0.25) is 0 Å². The number of amides is 1. The molecule has 156 valence electrons. The zero-order chi connectivity index (χ0) is 21.7. The molecule has 0 aliphatic carbocycles. The van der Waals surface area contributed by atoms with Crippen molar-refractivity contribution in [3.8, 4) is 16.9 Å². The van der Waals surface area contributed by atoms with Gasteiger partial charge in [0.05, 0.1) is 13.7 Å². The van der Waals surface area contributed by atoms with E-state index in [9.17, 15) is 9.59 Å². The topological polar surface area (TPSA) is 64.6 Å². The van der Waals surface area contributed by atoms with Crippen LogP contribution in [0, 0.1) is 6.92 Å². The number of aryl methyl sites for hydroxylation is 2. The summed E-state index contributed by atoms with van der Waals surface area (Å²) in [5.74, 6) is -0.0673. The Balaban J connectivity index is 2.00. The Morgan fingerprint density at radius 2 is 1.67 bits per heavy atom. The number of thiophene rings is 1. The molecule has 2 aromatic carbocycles. The van der Waals surface area contributed by atoms with Crippen LogP contribution in [0.25, 0.3) is 11.1 Å². The van der Waals surface area contributed by atoms with Gasteiger partial charge in [0.2, 0.25) is 0 Å². The zero-order valence-electron chi connectivity index (χ0n) is 17.6. The van der Waals surface area contributed by atoms with E-state index >= 15 is 0 Å². The van der Waals surface area contributed by atoms with Gasteiger partial charge in [0.15, 0.2) is 0 Å². The lowest BCUT2D eigenvalue weighted by Crippen LogP contribution is -2.14. The summed E-state index contributed by atoms with van der Waals surface area (Å²) in [6.45, 7) is 6.07. The maximum absolute atomic E-state index is 12.8. The maximum Gasteiger partial charge on any atom is 0.341 e. The summed E-state index contributed by atoms with van der Waals surface area (Å²) in [5.41, 5.74) is 3.81. The minimum absolute atomic E-state index is 0.258. The number of esters is 1. The molecule has 1 amide bonds. The third-order valence-corrected chi connectivity index (χ3v) is 5.81. The van der Waals surface area contributed by atoms with Gasteiger partial charge in [-0.3, -0.25) is 4.79 Å². The first kappa shape index (κ1) is 21.6. The van der Waals surface area contributed by atoms with Crippen molar-refractivity contribution in [2.45, 2.75) is 27.2 Å². The predicted molar refractivity (Wildman–Crippen MR) is 121 cm³/mol. The van der Waals surface area contributed by atoms with Gasteiger partial charge in [-0.1, -0.05) is 31.2 Å². The van der Waals surface area contributed by atoms with E-state index in [2.05, 4.69) is 24.4 Å². The van der Waals surface area contributed by atoms with Gasteiger partial charge in [-0.15, -0.1) is 11.3 Å². The highest BCUT2D eigenvalue weighted by Gasteiger charge is 2.25. The van der Waals surface area contributed by atoms with Crippen LogP contribution in [0.1, 0.15) is 45.0 Å². The van der Waals surface area contributed by atoms with Crippen molar-refractivity contribution in [1.82, 2.24) is 0 Å². The van der Waals surface area contributed by atoms with Crippen LogP contribution in [-0.2, 0) is 11.2 Å². The van der Waals surface area contributed by atoms with Crippen molar-refractivity contribution in [3.05, 3.63) is 70.1 Å². The molecule has 0 radical (unpaired) electrons. The van der Waals surface area contributed by atoms with E-state index in [4.69, 9.17) is 9.47 Å². The normalized spacial score (nSPS) is 10.5. The largest absolute Gasteiger partial charge is 0.497 e. The van der Waals surface area contributed by atoms with Gasteiger partial charge < -0.3 is 14.8 Å². The number of hydrogen-bond donors (Lipinski definition) is 1. The fraction of sp³-hybridized carbons (Fsp3) is 0.250. The minimum atomic E-state index is -0.443. The number of methoxy groups -OCH3 is 1. The summed E-state index contributed by atoms with van der Waals surface area (Å²) >= 11 is 1.37. The molecule has 1 heterocycles. The molecule has 0 bridgehead atoms. The van der Waals surface area contributed by atoms with Gasteiger partial charge in [-0.05, 0) is 55.7 Å². The molecule has 5 nitrogen and oxygen atoms in total. The number of hydrogen-bond acceptors (Lipinski definition) is 5. The first-order valence-corrected chi connectivity index (χ1v) is 10.6. The van der Waals surface area contributed by atoms with Gasteiger partial charge in [-0.2, -0.15) is 0 Å². The van der Waals surface area contributed by atoms with Crippen LogP contribution in [-0.4, -0.2) is 25.6 Å². The number of rotatable bonds is 7. The lowest BCUT2D eigenvalue weighted by molar-refractivity contribution is 0.0529. The summed E-state index contributed by atoms with van der Waals surface area (Å²) in [6, 6.07) is 14.9. The fourth-order valence-corrected chi connectivity index (χ4v) is 4.26. The molecule has 3 rings (SSSR count). The number of ether oxygens (including phenoxy) is 2. The van der Waals surface area contributed by atoms with Gasteiger partial charge in [0.1, 0.15) is 16.3 Å². The van der Waals surface area contributed by atoms with E-state index in [0.717, 1.165) is 22.4 Å². The summed E-state index contributed by atoms with van der Waals surface area (Å²) in [7, 11) is 1.57. The Labute approximate surface area is 180 Å². The lowest BCUT2D eigenvalue weighted by Gasteiger charge is -2.10. The SMILES string of the molecule is CCOC(=O)c1c(NC(=O)c2ccc(OC)cc2)sc(C)c1-c1ccc(CC)cc1. The van der Waals surface area contributed by atoms with Crippen molar-refractivity contribution in [2.24, 2.45) is 0 Å². The number of carbonyl (C=O) groups is 2. The quantitative estimate of drug-likeness (QED) is 0.493. The molecule has 3 aromatic rings. The Kier molecular flexibility index (Phi) is 6.90. The smallest absolute Gasteiger partial charge is 0.341 e. The van der Waals surface area contributed by atoms with E-state index in [1.807, 2.05) is 19.1 Å². The predicted octanol–water partition coefficient (Wildman–Crippen LogP) is 5.72. The zero-order valence-corrected chi connectivity index (χ0v) is 18.4. The van der Waals surface area contributed by atoms with Crippen molar-refractivity contribution < 1.29 is 19.1 Å². The Morgan fingerprint density at radius 3 is 2.23 bits per heavy atom. The highest BCUT2D eigenvalue weighted by atomic mass is 32.1. The molecule has 0 fully saturated rings. The Bertz CT molecular complexity index is 1040. The van der Waals surface area contributed by atoms with Crippen LogP contribution >= 0.6 is 11.3 Å². The van der Waals surface area contributed by atoms with E-state index in [0.29, 0.717) is 21.9 Å². The van der Waals surface area contributed by atoms with Crippen molar-refractivity contribution >= 4 is 28.2 Å². The monoisotopic (exact) mass is 423 g/mol. The third kappa shape index (κ3) is 4.54. The number of anilines is 1. The molecule has 0 aliphatic rings. The number of benzene rings is 2. The summed E-state index contributed by atoms with van der Waals surface area (Å²) < 4.78 is 10.4. The highest BCUT2D eigenvalue weighted by Crippen LogP contribution is 2.40. The Morgan fingerprint density at radius 1 is 1.00 bits per heavy atom. The second kappa shape index (κ2) is 9.59. The molecule has 0 spiro atoms. The summed E-state index contributed by atoms with van der Waals surface area (Å²) in [4.78, 5) is 26.5. The van der Waals surface area contributed by atoms with Crippen LogP contribution in [0.3, 0.4) is 0 Å². The molecule has 0 atom stereocenters. The van der Waals surface area contributed by atoms with Gasteiger partial charge >= 0.3 is 5.97 Å². The molecular weight excluding hydrogens is 398 g/mol. The van der Waals surface area contributed by atoms with Crippen LogP contribution < -0.4 is 10.1 Å². The van der Waals surface area contributed by atoms with Crippen LogP contribution in [0.15, 0.2) is 48.5 Å². The van der Waals surface area contributed by atoms with Gasteiger partial charge in [0.25, 0.3) is 5.91 Å². The molecule has 0 saturated carbocycles. The van der Waals surface area contributed by atoms with E-state index < -0.39 is 5.97 Å². The Hall–Kier alpha value is -3.12. The van der Waals surface area contributed by atoms with Crippen molar-refractivity contribution in [1.29, 1.82) is 0 Å². The first-order valence-electron chi connectivity index (χ1n) is 9.83. The van der Waals surface area contributed by atoms with E-state index in [1.54, 1.807) is 38.3 Å². The second-order valence-electron chi connectivity index (χ2n) is 6.69. The lowest BCUT2D eigenvalue weighted by atomic mass is 9.99. The third-order valence-electron chi connectivity index (χ3n) is 4.79. The molecule has 30 heavy (non-hydrogen) atoms. The molecule has 1 aromatic heterocycles.